The number of nitrogens with one attached hydrogen (secondary N) is 1. The second-order valence-electron chi connectivity index (χ2n) is 2.31. The monoisotopic (exact) mass is 178 g/mol. The summed E-state index contributed by atoms with van der Waals surface area (Å²) in [4.78, 5) is 10.6. The first-order chi connectivity index (χ1) is 5.07. The van der Waals surface area contributed by atoms with Gasteiger partial charge in [-0.15, -0.1) is 0 Å². The first-order valence-corrected chi connectivity index (χ1v) is 5.07. The van der Waals surface area contributed by atoms with Crippen LogP contribution in [0.2, 0.25) is 0 Å². The molecule has 0 rings (SSSR count). The van der Waals surface area contributed by atoms with Gasteiger partial charge in [0.05, 0.1) is 6.04 Å². The number of amides is 1. The van der Waals surface area contributed by atoms with Crippen LogP contribution in [0, 0.1) is 0 Å². The second kappa shape index (κ2) is 5.26. The first kappa shape index (κ1) is 10.6. The maximum absolute atomic E-state index is 10.6. The summed E-state index contributed by atoms with van der Waals surface area (Å²) in [5, 5.41) is 2.75. The zero-order chi connectivity index (χ0) is 8.85. The summed E-state index contributed by atoms with van der Waals surface area (Å²) in [6.07, 6.45) is 2.14. The fourth-order valence-corrected chi connectivity index (χ4v) is 1.28. The van der Waals surface area contributed by atoms with Gasteiger partial charge in [-0.2, -0.15) is 0 Å². The number of likely N-dealkylation sites (N-methyl/N-ethyl adjacent to an activating group) is 1. The molecule has 3 N–H and O–H groups in total. The Labute approximate surface area is 69.0 Å². The third kappa shape index (κ3) is 4.92. The average Bonchev–Trinajstić information content (AvgIpc) is 1.87. The van der Waals surface area contributed by atoms with Gasteiger partial charge in [-0.05, 0) is 13.5 Å². The van der Waals surface area contributed by atoms with Crippen LogP contribution in [0.1, 0.15) is 6.42 Å². The van der Waals surface area contributed by atoms with E-state index >= 15 is 0 Å². The molecule has 0 spiro atoms. The van der Waals surface area contributed by atoms with Crippen molar-refractivity contribution in [1.29, 1.82) is 0 Å². The van der Waals surface area contributed by atoms with E-state index in [1.165, 1.54) is 0 Å². The predicted octanol–water partition coefficient (Wildman–Crippen LogP) is -1.17. The lowest BCUT2D eigenvalue weighted by atomic mass is 10.2. The molecule has 0 saturated heterocycles. The zero-order valence-electron chi connectivity index (χ0n) is 6.79. The van der Waals surface area contributed by atoms with Crippen molar-refractivity contribution in [3.63, 3.8) is 0 Å². The maximum Gasteiger partial charge on any atom is 0.234 e. The van der Waals surface area contributed by atoms with Crippen LogP contribution in [0.25, 0.3) is 0 Å². The van der Waals surface area contributed by atoms with Crippen molar-refractivity contribution >= 4 is 16.7 Å². The lowest BCUT2D eigenvalue weighted by Gasteiger charge is -2.09. The molecule has 0 fully saturated rings. The third-order valence-corrected chi connectivity index (χ3v) is 2.20. The number of hydrogen-bond donors (Lipinski definition) is 2. The van der Waals surface area contributed by atoms with E-state index in [0.29, 0.717) is 12.2 Å². The summed E-state index contributed by atoms with van der Waals surface area (Å²) >= 11 is 0. The molecule has 0 aromatic carbocycles. The van der Waals surface area contributed by atoms with Crippen LogP contribution in [0.4, 0.5) is 0 Å². The van der Waals surface area contributed by atoms with E-state index < -0.39 is 16.7 Å². The summed E-state index contributed by atoms with van der Waals surface area (Å²) in [5.41, 5.74) is 5.03. The van der Waals surface area contributed by atoms with Crippen LogP contribution in [0.15, 0.2) is 0 Å². The van der Waals surface area contributed by atoms with Crippen LogP contribution in [-0.4, -0.2) is 35.2 Å². The molecule has 0 aromatic heterocycles. The molecule has 1 unspecified atom stereocenters. The van der Waals surface area contributed by atoms with Crippen molar-refractivity contribution in [3.05, 3.63) is 0 Å². The molecule has 0 aliphatic heterocycles. The standard InChI is InChI=1S/C6H14N2O2S/c1-8-5(6(7)9)3-4-11(2)10/h5,8H,3-4H2,1-2H3,(H2,7,9)/t5-,11?/m0/s1. The molecule has 4 nitrogen and oxygen atoms in total. The Morgan fingerprint density at radius 1 is 1.73 bits per heavy atom. The van der Waals surface area contributed by atoms with Gasteiger partial charge in [0, 0.05) is 22.8 Å². The van der Waals surface area contributed by atoms with Crippen molar-refractivity contribution in [2.75, 3.05) is 19.1 Å². The summed E-state index contributed by atoms with van der Waals surface area (Å²) in [5.74, 6) is 0.118. The summed E-state index contributed by atoms with van der Waals surface area (Å²) in [6.45, 7) is 0. The average molecular weight is 178 g/mol. The Morgan fingerprint density at radius 3 is 2.55 bits per heavy atom. The van der Waals surface area contributed by atoms with Gasteiger partial charge >= 0.3 is 0 Å². The van der Waals surface area contributed by atoms with Crippen LogP contribution in [-0.2, 0) is 15.6 Å². The smallest absolute Gasteiger partial charge is 0.234 e. The van der Waals surface area contributed by atoms with Crippen LogP contribution < -0.4 is 11.1 Å². The van der Waals surface area contributed by atoms with Crippen molar-refractivity contribution in [2.24, 2.45) is 5.73 Å². The number of nitrogens with two attached hydrogens (primary N) is 1. The van der Waals surface area contributed by atoms with Gasteiger partial charge in [-0.1, -0.05) is 0 Å². The molecule has 11 heavy (non-hydrogen) atoms. The van der Waals surface area contributed by atoms with E-state index in [2.05, 4.69) is 5.32 Å². The molecule has 0 heterocycles. The van der Waals surface area contributed by atoms with Gasteiger partial charge in [0.15, 0.2) is 0 Å². The van der Waals surface area contributed by atoms with Crippen molar-refractivity contribution in [1.82, 2.24) is 5.32 Å². The molecule has 2 atom stereocenters. The Balaban J connectivity index is 3.70. The first-order valence-electron chi connectivity index (χ1n) is 3.34. The maximum atomic E-state index is 10.6. The highest BCUT2D eigenvalue weighted by atomic mass is 32.2. The van der Waals surface area contributed by atoms with Crippen LogP contribution in [0.3, 0.4) is 0 Å². The van der Waals surface area contributed by atoms with E-state index in [-0.39, 0.29) is 6.04 Å². The van der Waals surface area contributed by atoms with Crippen LogP contribution >= 0.6 is 0 Å². The Bertz CT molecular complexity index is 161. The number of rotatable bonds is 5. The Hall–Kier alpha value is -0.420. The fraction of sp³-hybridized carbons (Fsp3) is 0.833. The molecule has 0 bridgehead atoms. The largest absolute Gasteiger partial charge is 0.368 e. The quantitative estimate of drug-likeness (QED) is 0.557. The van der Waals surface area contributed by atoms with E-state index in [1.807, 2.05) is 0 Å². The predicted molar refractivity (Wildman–Crippen MR) is 45.6 cm³/mol. The Kier molecular flexibility index (Phi) is 5.06. The normalized spacial score (nSPS) is 15.8. The van der Waals surface area contributed by atoms with Gasteiger partial charge in [-0.25, -0.2) is 0 Å². The van der Waals surface area contributed by atoms with E-state index in [4.69, 9.17) is 5.73 Å². The van der Waals surface area contributed by atoms with E-state index in [1.54, 1.807) is 13.3 Å². The molecule has 1 amide bonds. The molecule has 0 aliphatic rings. The third-order valence-electron chi connectivity index (χ3n) is 1.39. The number of carbonyl (C=O) groups excluding carboxylic acids is 1. The lowest BCUT2D eigenvalue weighted by molar-refractivity contribution is -0.119. The molecule has 5 heteroatoms. The molecular formula is C6H14N2O2S. The minimum absolute atomic E-state index is 0.348. The minimum atomic E-state index is -0.852. The highest BCUT2D eigenvalue weighted by Crippen LogP contribution is 1.91. The van der Waals surface area contributed by atoms with Crippen molar-refractivity contribution in [2.45, 2.75) is 12.5 Å². The van der Waals surface area contributed by atoms with Crippen LogP contribution in [0.5, 0.6) is 0 Å². The number of primary amides is 1. The molecule has 0 aliphatic carbocycles. The molecule has 0 saturated carbocycles. The highest BCUT2D eigenvalue weighted by molar-refractivity contribution is 7.84. The van der Waals surface area contributed by atoms with Gasteiger partial charge in [0.1, 0.15) is 0 Å². The van der Waals surface area contributed by atoms with Gasteiger partial charge in [0.2, 0.25) is 5.91 Å². The molecule has 0 aromatic rings. The van der Waals surface area contributed by atoms with Gasteiger partial charge in [0.25, 0.3) is 0 Å². The summed E-state index contributed by atoms with van der Waals surface area (Å²) in [6, 6.07) is -0.348. The fourth-order valence-electron chi connectivity index (χ4n) is 0.713. The summed E-state index contributed by atoms with van der Waals surface area (Å²) < 4.78 is 10.6. The summed E-state index contributed by atoms with van der Waals surface area (Å²) in [7, 11) is 0.809. The molecule has 66 valence electrons. The lowest BCUT2D eigenvalue weighted by Crippen LogP contribution is -2.39. The number of carbonyl (C=O) groups is 1. The van der Waals surface area contributed by atoms with Gasteiger partial charge < -0.3 is 11.1 Å². The zero-order valence-corrected chi connectivity index (χ0v) is 7.61. The molecule has 0 radical (unpaired) electrons. The van der Waals surface area contributed by atoms with Crippen molar-refractivity contribution in [3.8, 4) is 0 Å². The van der Waals surface area contributed by atoms with Gasteiger partial charge in [-0.3, -0.25) is 9.00 Å². The minimum Gasteiger partial charge on any atom is -0.368 e. The van der Waals surface area contributed by atoms with E-state index in [0.717, 1.165) is 0 Å². The Morgan fingerprint density at radius 2 is 2.27 bits per heavy atom. The topological polar surface area (TPSA) is 72.2 Å². The van der Waals surface area contributed by atoms with Crippen molar-refractivity contribution < 1.29 is 9.00 Å². The molecular weight excluding hydrogens is 164 g/mol. The number of hydrogen-bond acceptors (Lipinski definition) is 3. The van der Waals surface area contributed by atoms with E-state index in [9.17, 15) is 9.00 Å². The SMILES string of the molecule is CN[C@@H](CCS(C)=O)C(N)=O. The highest BCUT2D eigenvalue weighted by Gasteiger charge is 2.11. The second-order valence-corrected chi connectivity index (χ2v) is 3.86.